The lowest BCUT2D eigenvalue weighted by atomic mass is 9.93. The number of halogens is 2. The number of methoxy groups -OCH3 is 1. The van der Waals surface area contributed by atoms with Gasteiger partial charge >= 0.3 is 5.97 Å². The predicted octanol–water partition coefficient (Wildman–Crippen LogP) is 5.10. The standard InChI is InChI=1S/C31H23ClIN3O5S/c1-3-40-30(38)25-26(19-7-5-4-6-8-19)35-31-36(27(25)20-9-11-21(32)12-10-20)29(37)24(42-31)17-18-15-22(33)28(41-14-13-34)23(16-18)39-2/h4-12,15-17,27H,3,14H2,1-2H3/b24-17-/t27-/m1/s1. The summed E-state index contributed by atoms with van der Waals surface area (Å²) in [5.41, 5.74) is 2.50. The number of nitrogens with zero attached hydrogens (tertiary/aromatic N) is 3. The number of nitriles is 1. The summed E-state index contributed by atoms with van der Waals surface area (Å²) >= 11 is 9.52. The third-order valence-electron chi connectivity index (χ3n) is 6.39. The van der Waals surface area contributed by atoms with E-state index in [-0.39, 0.29) is 24.3 Å². The molecular formula is C31H23ClIN3O5S. The van der Waals surface area contributed by atoms with Crippen molar-refractivity contribution in [3.05, 3.63) is 117 Å². The molecule has 1 atom stereocenters. The first-order valence-electron chi connectivity index (χ1n) is 12.8. The van der Waals surface area contributed by atoms with E-state index in [2.05, 4.69) is 22.6 Å². The number of fused-ring (bicyclic) bond motifs is 1. The molecule has 8 nitrogen and oxygen atoms in total. The second kappa shape index (κ2) is 12.9. The molecule has 0 spiro atoms. The zero-order valence-electron chi connectivity index (χ0n) is 22.5. The highest BCUT2D eigenvalue weighted by molar-refractivity contribution is 14.1. The van der Waals surface area contributed by atoms with E-state index < -0.39 is 12.0 Å². The maximum Gasteiger partial charge on any atom is 0.338 e. The molecule has 3 aromatic carbocycles. The van der Waals surface area contributed by atoms with Crippen LogP contribution in [0.5, 0.6) is 11.5 Å². The Morgan fingerprint density at radius 2 is 1.93 bits per heavy atom. The highest BCUT2D eigenvalue weighted by atomic mass is 127. The number of thiazole rings is 1. The van der Waals surface area contributed by atoms with Gasteiger partial charge in [-0.3, -0.25) is 9.36 Å². The molecule has 0 aliphatic carbocycles. The number of esters is 1. The molecule has 11 heteroatoms. The van der Waals surface area contributed by atoms with Crippen molar-refractivity contribution in [1.29, 1.82) is 5.26 Å². The van der Waals surface area contributed by atoms with E-state index in [1.807, 2.05) is 42.5 Å². The van der Waals surface area contributed by atoms with Crippen molar-refractivity contribution in [2.24, 2.45) is 4.99 Å². The molecule has 1 aromatic heterocycles. The molecule has 42 heavy (non-hydrogen) atoms. The zero-order chi connectivity index (χ0) is 29.8. The lowest BCUT2D eigenvalue weighted by Crippen LogP contribution is -2.40. The summed E-state index contributed by atoms with van der Waals surface area (Å²) < 4.78 is 19.2. The topological polar surface area (TPSA) is 103 Å². The molecule has 0 bridgehead atoms. The van der Waals surface area contributed by atoms with Gasteiger partial charge in [0.2, 0.25) is 0 Å². The summed E-state index contributed by atoms with van der Waals surface area (Å²) in [6, 6.07) is 21.1. The largest absolute Gasteiger partial charge is 0.493 e. The highest BCUT2D eigenvalue weighted by Crippen LogP contribution is 2.36. The van der Waals surface area contributed by atoms with Crippen LogP contribution < -0.4 is 24.4 Å². The van der Waals surface area contributed by atoms with Crippen LogP contribution in [0.15, 0.2) is 82.1 Å². The first kappa shape index (κ1) is 29.6. The van der Waals surface area contributed by atoms with Crippen LogP contribution in [0.25, 0.3) is 11.8 Å². The first-order chi connectivity index (χ1) is 20.4. The van der Waals surface area contributed by atoms with Crippen LogP contribution in [-0.4, -0.2) is 30.9 Å². The molecule has 4 aromatic rings. The number of hydrogen-bond donors (Lipinski definition) is 0. The molecular weight excluding hydrogens is 689 g/mol. The van der Waals surface area contributed by atoms with Crippen LogP contribution in [0, 0.1) is 14.9 Å². The molecule has 0 saturated heterocycles. The monoisotopic (exact) mass is 711 g/mol. The van der Waals surface area contributed by atoms with E-state index >= 15 is 0 Å². The molecule has 0 amide bonds. The average Bonchev–Trinajstić information content (AvgIpc) is 3.30. The first-order valence-corrected chi connectivity index (χ1v) is 15.0. The van der Waals surface area contributed by atoms with E-state index in [9.17, 15) is 9.59 Å². The fraction of sp³-hybridized carbons (Fsp3) is 0.161. The fourth-order valence-corrected chi connectivity index (χ4v) is 6.53. The molecule has 0 N–H and O–H groups in total. The zero-order valence-corrected chi connectivity index (χ0v) is 26.2. The molecule has 1 aliphatic heterocycles. The molecule has 0 radical (unpaired) electrons. The molecule has 0 saturated carbocycles. The highest BCUT2D eigenvalue weighted by Gasteiger charge is 2.35. The Hall–Kier alpha value is -3.92. The predicted molar refractivity (Wildman–Crippen MR) is 169 cm³/mol. The van der Waals surface area contributed by atoms with Crippen LogP contribution in [0.3, 0.4) is 0 Å². The minimum atomic E-state index is -0.800. The number of ether oxygens (including phenoxy) is 3. The van der Waals surface area contributed by atoms with Gasteiger partial charge in [-0.25, -0.2) is 9.79 Å². The number of rotatable bonds is 8. The Kier molecular flexibility index (Phi) is 9.11. The summed E-state index contributed by atoms with van der Waals surface area (Å²) in [4.78, 5) is 32.9. The van der Waals surface area contributed by atoms with Gasteiger partial charge in [-0.1, -0.05) is 65.4 Å². The van der Waals surface area contributed by atoms with Crippen LogP contribution in [0.2, 0.25) is 5.02 Å². The fourth-order valence-electron chi connectivity index (χ4n) is 4.62. The van der Waals surface area contributed by atoms with Gasteiger partial charge in [0, 0.05) is 10.6 Å². The van der Waals surface area contributed by atoms with Gasteiger partial charge < -0.3 is 14.2 Å². The summed E-state index contributed by atoms with van der Waals surface area (Å²) in [7, 11) is 1.51. The van der Waals surface area contributed by atoms with Gasteiger partial charge in [-0.2, -0.15) is 5.26 Å². The van der Waals surface area contributed by atoms with E-state index in [0.29, 0.717) is 42.7 Å². The number of benzene rings is 3. The molecule has 5 rings (SSSR count). The maximum atomic E-state index is 14.1. The van der Waals surface area contributed by atoms with Crippen molar-refractivity contribution in [2.45, 2.75) is 13.0 Å². The minimum Gasteiger partial charge on any atom is -0.493 e. The number of hydrogen-bond acceptors (Lipinski definition) is 8. The van der Waals surface area contributed by atoms with Crippen LogP contribution >= 0.6 is 45.5 Å². The van der Waals surface area contributed by atoms with E-state index in [1.165, 1.54) is 23.0 Å². The minimum absolute atomic E-state index is 0.123. The summed E-state index contributed by atoms with van der Waals surface area (Å²) in [6.45, 7) is 1.78. The van der Waals surface area contributed by atoms with Crippen molar-refractivity contribution in [3.63, 3.8) is 0 Å². The number of carbonyl (C=O) groups excluding carboxylic acids is 1. The second-order valence-corrected chi connectivity index (χ2v) is 11.6. The smallest absolute Gasteiger partial charge is 0.338 e. The average molecular weight is 712 g/mol. The van der Waals surface area contributed by atoms with Gasteiger partial charge in [-0.15, -0.1) is 0 Å². The van der Waals surface area contributed by atoms with Crippen molar-refractivity contribution in [2.75, 3.05) is 20.3 Å². The lowest BCUT2D eigenvalue weighted by Gasteiger charge is -2.25. The van der Waals surface area contributed by atoms with Gasteiger partial charge in [-0.05, 0) is 71.0 Å². The summed E-state index contributed by atoms with van der Waals surface area (Å²) in [6.07, 6.45) is 1.75. The van der Waals surface area contributed by atoms with Crippen LogP contribution in [-0.2, 0) is 9.53 Å². The van der Waals surface area contributed by atoms with E-state index in [4.69, 9.17) is 36.1 Å². The second-order valence-electron chi connectivity index (χ2n) is 8.96. The Morgan fingerprint density at radius 1 is 1.19 bits per heavy atom. The molecule has 1 aliphatic rings. The van der Waals surface area contributed by atoms with Crippen molar-refractivity contribution < 1.29 is 19.0 Å². The van der Waals surface area contributed by atoms with E-state index in [0.717, 1.165) is 9.13 Å². The van der Waals surface area contributed by atoms with Gasteiger partial charge in [0.05, 0.1) is 39.1 Å². The summed E-state index contributed by atoms with van der Waals surface area (Å²) in [5, 5.41) is 9.46. The maximum absolute atomic E-state index is 14.1. The van der Waals surface area contributed by atoms with Gasteiger partial charge in [0.15, 0.2) is 22.9 Å². The molecule has 212 valence electrons. The number of aromatic nitrogens is 1. The van der Waals surface area contributed by atoms with Gasteiger partial charge in [0.1, 0.15) is 6.07 Å². The van der Waals surface area contributed by atoms with Crippen molar-refractivity contribution in [3.8, 4) is 17.6 Å². The SMILES string of the molecule is CCOC(=O)C1=C(c2ccccc2)N=c2s/c(=C\c3cc(I)c(OCC#N)c(OC)c3)c(=O)n2[C@@H]1c1ccc(Cl)cc1. The van der Waals surface area contributed by atoms with Crippen LogP contribution in [0.4, 0.5) is 0 Å². The number of carbonyl (C=O) groups is 1. The lowest BCUT2D eigenvalue weighted by molar-refractivity contribution is -0.138. The van der Waals surface area contributed by atoms with Crippen LogP contribution in [0.1, 0.15) is 29.7 Å². The van der Waals surface area contributed by atoms with Crippen molar-refractivity contribution >= 4 is 63.3 Å². The Balaban J connectivity index is 1.77. The quantitative estimate of drug-likeness (QED) is 0.186. The Labute approximate surface area is 263 Å². The molecule has 0 unspecified atom stereocenters. The Bertz CT molecular complexity index is 1910. The van der Waals surface area contributed by atoms with E-state index in [1.54, 1.807) is 43.3 Å². The molecule has 0 fully saturated rings. The normalized spacial score (nSPS) is 14.5. The van der Waals surface area contributed by atoms with Crippen molar-refractivity contribution in [1.82, 2.24) is 4.57 Å². The third kappa shape index (κ3) is 5.86. The Morgan fingerprint density at radius 3 is 2.60 bits per heavy atom. The summed E-state index contributed by atoms with van der Waals surface area (Å²) in [5.74, 6) is 0.334. The molecule has 2 heterocycles. The van der Waals surface area contributed by atoms with Gasteiger partial charge in [0.25, 0.3) is 5.56 Å². The third-order valence-corrected chi connectivity index (χ3v) is 8.43.